The number of rotatable bonds is 4. The minimum Gasteiger partial charge on any atom is -0.487 e. The Morgan fingerprint density at radius 3 is 2.68 bits per heavy atom. The normalized spacial score (nSPS) is 11.3. The highest BCUT2D eigenvalue weighted by atomic mass is 35.5. The lowest BCUT2D eigenvalue weighted by Gasteiger charge is -2.15. The van der Waals surface area contributed by atoms with Crippen LogP contribution in [0.4, 0.5) is 4.39 Å². The van der Waals surface area contributed by atoms with Crippen LogP contribution in [0.15, 0.2) is 48.5 Å². The maximum Gasteiger partial charge on any atom is 0.128 e. The van der Waals surface area contributed by atoms with Crippen LogP contribution in [0.5, 0.6) is 5.75 Å². The fourth-order valence-corrected chi connectivity index (χ4v) is 2.88. The lowest BCUT2D eigenvalue weighted by Crippen LogP contribution is -2.08. The second-order valence-electron chi connectivity index (χ2n) is 5.55. The van der Waals surface area contributed by atoms with Gasteiger partial charge in [-0.3, -0.25) is 0 Å². The van der Waals surface area contributed by atoms with E-state index in [2.05, 4.69) is 18.4 Å². The van der Waals surface area contributed by atoms with Gasteiger partial charge in [0.1, 0.15) is 18.2 Å². The average molecular weight is 318 g/mol. The van der Waals surface area contributed by atoms with Crippen molar-refractivity contribution in [2.45, 2.75) is 26.5 Å². The maximum atomic E-state index is 13.4. The van der Waals surface area contributed by atoms with Gasteiger partial charge in [0.25, 0.3) is 0 Å². The van der Waals surface area contributed by atoms with Crippen molar-refractivity contribution in [1.82, 2.24) is 4.57 Å². The molecule has 2 nitrogen and oxygen atoms in total. The molecular weight excluding hydrogens is 301 g/mol. The van der Waals surface area contributed by atoms with Gasteiger partial charge in [0, 0.05) is 22.0 Å². The van der Waals surface area contributed by atoms with Crippen LogP contribution >= 0.6 is 11.6 Å². The second-order valence-corrected chi connectivity index (χ2v) is 5.99. The average Bonchev–Trinajstić information content (AvgIpc) is 2.82. The highest BCUT2D eigenvalue weighted by Gasteiger charge is 2.12. The predicted molar refractivity (Wildman–Crippen MR) is 88.1 cm³/mol. The largest absolute Gasteiger partial charge is 0.487 e. The smallest absolute Gasteiger partial charge is 0.128 e. The van der Waals surface area contributed by atoms with Crippen LogP contribution < -0.4 is 4.74 Å². The van der Waals surface area contributed by atoms with Crippen molar-refractivity contribution in [3.05, 3.63) is 65.1 Å². The first kappa shape index (κ1) is 14.9. The Kier molecular flexibility index (Phi) is 4.08. The number of aromatic nitrogens is 1. The van der Waals surface area contributed by atoms with Crippen molar-refractivity contribution in [2.75, 3.05) is 0 Å². The van der Waals surface area contributed by atoms with Crippen LogP contribution in [0.1, 0.15) is 25.6 Å². The maximum absolute atomic E-state index is 13.4. The third kappa shape index (κ3) is 2.95. The van der Waals surface area contributed by atoms with E-state index in [1.807, 2.05) is 30.3 Å². The Bertz CT molecular complexity index is 810. The Labute approximate surface area is 134 Å². The molecule has 2 aromatic carbocycles. The van der Waals surface area contributed by atoms with Crippen LogP contribution in [0.2, 0.25) is 5.02 Å². The number of hydrogen-bond acceptors (Lipinski definition) is 1. The van der Waals surface area contributed by atoms with Crippen molar-refractivity contribution in [3.63, 3.8) is 0 Å². The molecule has 3 rings (SSSR count). The SMILES string of the molecule is CC(C)n1c(COc2cccc(Cl)c2)cc2cc(F)ccc21. The molecule has 0 N–H and O–H groups in total. The molecule has 114 valence electrons. The highest BCUT2D eigenvalue weighted by Crippen LogP contribution is 2.26. The van der Waals surface area contributed by atoms with Gasteiger partial charge in [-0.05, 0) is 56.3 Å². The van der Waals surface area contributed by atoms with Crippen LogP contribution in [0.25, 0.3) is 10.9 Å². The summed E-state index contributed by atoms with van der Waals surface area (Å²) in [6.45, 7) is 4.62. The van der Waals surface area contributed by atoms with Crippen LogP contribution in [-0.2, 0) is 6.61 Å². The van der Waals surface area contributed by atoms with E-state index < -0.39 is 0 Å². The lowest BCUT2D eigenvalue weighted by molar-refractivity contribution is 0.293. The van der Waals surface area contributed by atoms with Crippen LogP contribution in [0, 0.1) is 5.82 Å². The number of fused-ring (bicyclic) bond motifs is 1. The number of benzene rings is 2. The lowest BCUT2D eigenvalue weighted by atomic mass is 10.2. The van der Waals surface area contributed by atoms with Gasteiger partial charge in [0.15, 0.2) is 0 Å². The van der Waals surface area contributed by atoms with E-state index in [1.165, 1.54) is 6.07 Å². The van der Waals surface area contributed by atoms with Gasteiger partial charge in [-0.1, -0.05) is 17.7 Å². The molecule has 0 atom stereocenters. The second kappa shape index (κ2) is 6.01. The molecule has 0 radical (unpaired) electrons. The van der Waals surface area contributed by atoms with Crippen LogP contribution in [0.3, 0.4) is 0 Å². The van der Waals surface area contributed by atoms with E-state index in [0.717, 1.165) is 22.3 Å². The summed E-state index contributed by atoms with van der Waals surface area (Å²) in [5.41, 5.74) is 2.02. The molecule has 22 heavy (non-hydrogen) atoms. The van der Waals surface area contributed by atoms with Gasteiger partial charge in [-0.2, -0.15) is 0 Å². The Balaban J connectivity index is 1.94. The standard InChI is InChI=1S/C18H17ClFNO/c1-12(2)21-16(9-13-8-15(20)6-7-18(13)21)11-22-17-5-3-4-14(19)10-17/h3-10,12H,11H2,1-2H3. The molecule has 0 amide bonds. The molecule has 0 saturated carbocycles. The minimum absolute atomic E-state index is 0.226. The molecule has 0 aliphatic rings. The van der Waals surface area contributed by atoms with Gasteiger partial charge < -0.3 is 9.30 Å². The van der Waals surface area contributed by atoms with Gasteiger partial charge in [-0.25, -0.2) is 4.39 Å². The molecule has 0 saturated heterocycles. The predicted octanol–water partition coefficient (Wildman–Crippen LogP) is 5.59. The zero-order valence-corrected chi connectivity index (χ0v) is 13.3. The molecule has 0 aliphatic carbocycles. The summed E-state index contributed by atoms with van der Waals surface area (Å²) in [7, 11) is 0. The molecule has 3 aromatic rings. The van der Waals surface area contributed by atoms with E-state index in [1.54, 1.807) is 12.1 Å². The first-order valence-electron chi connectivity index (χ1n) is 7.22. The van der Waals surface area contributed by atoms with Crippen molar-refractivity contribution in [2.24, 2.45) is 0 Å². The zero-order valence-electron chi connectivity index (χ0n) is 12.5. The van der Waals surface area contributed by atoms with E-state index in [9.17, 15) is 4.39 Å². The Morgan fingerprint density at radius 1 is 1.14 bits per heavy atom. The van der Waals surface area contributed by atoms with Crippen molar-refractivity contribution >= 4 is 22.5 Å². The molecule has 4 heteroatoms. The van der Waals surface area contributed by atoms with Gasteiger partial charge in [0.05, 0.1) is 5.69 Å². The molecule has 0 spiro atoms. The highest BCUT2D eigenvalue weighted by molar-refractivity contribution is 6.30. The molecule has 0 bridgehead atoms. The third-order valence-corrected chi connectivity index (χ3v) is 3.81. The molecular formula is C18H17ClFNO. The van der Waals surface area contributed by atoms with Crippen LogP contribution in [-0.4, -0.2) is 4.57 Å². The summed E-state index contributed by atoms with van der Waals surface area (Å²) in [5.74, 6) is 0.495. The third-order valence-electron chi connectivity index (χ3n) is 3.58. The van der Waals surface area contributed by atoms with Crippen molar-refractivity contribution in [1.29, 1.82) is 0 Å². The summed E-state index contributed by atoms with van der Waals surface area (Å²) in [5, 5.41) is 1.53. The first-order valence-corrected chi connectivity index (χ1v) is 7.60. The zero-order chi connectivity index (χ0) is 15.7. The molecule has 1 heterocycles. The summed E-state index contributed by atoms with van der Waals surface area (Å²) < 4.78 is 21.4. The Morgan fingerprint density at radius 2 is 1.95 bits per heavy atom. The monoisotopic (exact) mass is 317 g/mol. The summed E-state index contributed by atoms with van der Waals surface area (Å²) >= 11 is 5.96. The van der Waals surface area contributed by atoms with Crippen molar-refractivity contribution < 1.29 is 9.13 Å². The topological polar surface area (TPSA) is 14.2 Å². The van der Waals surface area contributed by atoms with Gasteiger partial charge in [-0.15, -0.1) is 0 Å². The quantitative estimate of drug-likeness (QED) is 0.611. The number of nitrogens with zero attached hydrogens (tertiary/aromatic N) is 1. The molecule has 1 aromatic heterocycles. The number of hydrogen-bond donors (Lipinski definition) is 0. The van der Waals surface area contributed by atoms with Gasteiger partial charge in [0.2, 0.25) is 0 Å². The summed E-state index contributed by atoms with van der Waals surface area (Å²) in [6, 6.07) is 14.4. The first-order chi connectivity index (χ1) is 10.5. The summed E-state index contributed by atoms with van der Waals surface area (Å²) in [6.07, 6.45) is 0. The number of ether oxygens (including phenoxy) is 1. The van der Waals surface area contributed by atoms with Crippen molar-refractivity contribution in [3.8, 4) is 5.75 Å². The summed E-state index contributed by atoms with van der Waals surface area (Å²) in [4.78, 5) is 0. The van der Waals surface area contributed by atoms with E-state index in [-0.39, 0.29) is 11.9 Å². The molecule has 0 fully saturated rings. The van der Waals surface area contributed by atoms with E-state index in [0.29, 0.717) is 11.6 Å². The number of halogens is 2. The van der Waals surface area contributed by atoms with Gasteiger partial charge >= 0.3 is 0 Å². The van der Waals surface area contributed by atoms with E-state index in [4.69, 9.17) is 16.3 Å². The minimum atomic E-state index is -0.226. The molecule has 0 unspecified atom stereocenters. The fraction of sp³-hybridized carbons (Fsp3) is 0.222. The fourth-order valence-electron chi connectivity index (χ4n) is 2.70. The van der Waals surface area contributed by atoms with E-state index >= 15 is 0 Å². The Hall–Kier alpha value is -2.00. The molecule has 0 aliphatic heterocycles.